The number of rotatable bonds is 8. The lowest BCUT2D eigenvalue weighted by Crippen LogP contribution is -2.56. The van der Waals surface area contributed by atoms with E-state index >= 15 is 0 Å². The van der Waals surface area contributed by atoms with E-state index in [1.807, 2.05) is 0 Å². The third-order valence-electron chi connectivity index (χ3n) is 5.36. The summed E-state index contributed by atoms with van der Waals surface area (Å²) in [4.78, 5) is 2.71. The summed E-state index contributed by atoms with van der Waals surface area (Å²) in [7, 11) is 0. The van der Waals surface area contributed by atoms with Gasteiger partial charge in [0, 0.05) is 18.6 Å². The topological polar surface area (TPSA) is 29.3 Å². The van der Waals surface area contributed by atoms with Crippen LogP contribution in [-0.2, 0) is 0 Å². The second-order valence-corrected chi connectivity index (χ2v) is 6.71. The number of nitrogens with zero attached hydrogens (tertiary/aromatic N) is 1. The predicted molar refractivity (Wildman–Crippen MR) is 85.4 cm³/mol. The van der Waals surface area contributed by atoms with Gasteiger partial charge in [-0.2, -0.15) is 0 Å². The quantitative estimate of drug-likeness (QED) is 0.720. The maximum absolute atomic E-state index is 6.21. The van der Waals surface area contributed by atoms with Gasteiger partial charge < -0.3 is 5.73 Å². The van der Waals surface area contributed by atoms with Crippen molar-refractivity contribution in [3.05, 3.63) is 0 Å². The first-order chi connectivity index (χ1) is 9.11. The Morgan fingerprint density at radius 3 is 2.26 bits per heavy atom. The smallest absolute Gasteiger partial charge is 0.0331 e. The SMILES string of the molecule is CCCC(C)CN(CC)C1(CN)CCC(CC)CC1. The first kappa shape index (κ1) is 17.0. The molecule has 2 N–H and O–H groups in total. The second kappa shape index (κ2) is 8.26. The Morgan fingerprint density at radius 1 is 1.21 bits per heavy atom. The minimum atomic E-state index is 0.308. The first-order valence-corrected chi connectivity index (χ1v) is 8.56. The predicted octanol–water partition coefficient (Wildman–Crippen LogP) is 4.04. The fourth-order valence-electron chi connectivity index (χ4n) is 3.89. The highest BCUT2D eigenvalue weighted by Crippen LogP contribution is 2.37. The molecule has 0 radical (unpaired) electrons. The van der Waals surface area contributed by atoms with E-state index in [0.29, 0.717) is 5.54 Å². The fraction of sp³-hybridized carbons (Fsp3) is 1.00. The maximum atomic E-state index is 6.21. The molecule has 19 heavy (non-hydrogen) atoms. The molecule has 2 heteroatoms. The van der Waals surface area contributed by atoms with Crippen molar-refractivity contribution < 1.29 is 0 Å². The van der Waals surface area contributed by atoms with Crippen LogP contribution in [0.1, 0.15) is 72.6 Å². The minimum absolute atomic E-state index is 0.308. The molecule has 1 atom stereocenters. The van der Waals surface area contributed by atoms with Crippen LogP contribution in [0.4, 0.5) is 0 Å². The van der Waals surface area contributed by atoms with Crippen molar-refractivity contribution in [2.75, 3.05) is 19.6 Å². The molecule has 1 aliphatic carbocycles. The largest absolute Gasteiger partial charge is 0.329 e. The van der Waals surface area contributed by atoms with Gasteiger partial charge in [0.15, 0.2) is 0 Å². The molecule has 1 unspecified atom stereocenters. The van der Waals surface area contributed by atoms with E-state index in [0.717, 1.165) is 24.9 Å². The van der Waals surface area contributed by atoms with E-state index in [9.17, 15) is 0 Å². The highest BCUT2D eigenvalue weighted by atomic mass is 15.2. The zero-order valence-electron chi connectivity index (χ0n) is 13.8. The molecule has 1 aliphatic rings. The van der Waals surface area contributed by atoms with Crippen molar-refractivity contribution >= 4 is 0 Å². The van der Waals surface area contributed by atoms with Gasteiger partial charge in [0.1, 0.15) is 0 Å². The number of likely N-dealkylation sites (N-methyl/N-ethyl adjacent to an activating group) is 1. The summed E-state index contributed by atoms with van der Waals surface area (Å²) in [6, 6.07) is 0. The van der Waals surface area contributed by atoms with Gasteiger partial charge in [-0.05, 0) is 50.5 Å². The molecule has 0 aromatic carbocycles. The van der Waals surface area contributed by atoms with Gasteiger partial charge in [0.05, 0.1) is 0 Å². The fourth-order valence-corrected chi connectivity index (χ4v) is 3.89. The molecule has 0 aromatic heterocycles. The molecular formula is C17H36N2. The molecule has 0 bridgehead atoms. The Hall–Kier alpha value is -0.0800. The van der Waals surface area contributed by atoms with Gasteiger partial charge in [-0.15, -0.1) is 0 Å². The zero-order valence-corrected chi connectivity index (χ0v) is 13.8. The van der Waals surface area contributed by atoms with Gasteiger partial charge in [0.2, 0.25) is 0 Å². The summed E-state index contributed by atoms with van der Waals surface area (Å²) in [5.41, 5.74) is 6.52. The van der Waals surface area contributed by atoms with Crippen molar-refractivity contribution in [3.63, 3.8) is 0 Å². The third kappa shape index (κ3) is 4.46. The van der Waals surface area contributed by atoms with Gasteiger partial charge in [-0.1, -0.05) is 40.5 Å². The lowest BCUT2D eigenvalue weighted by atomic mass is 9.74. The molecule has 1 saturated carbocycles. The van der Waals surface area contributed by atoms with Crippen molar-refractivity contribution in [1.29, 1.82) is 0 Å². The van der Waals surface area contributed by atoms with Crippen LogP contribution in [0.2, 0.25) is 0 Å². The summed E-state index contributed by atoms with van der Waals surface area (Å²) in [6.07, 6.45) is 9.38. The average Bonchev–Trinajstić information content (AvgIpc) is 2.45. The summed E-state index contributed by atoms with van der Waals surface area (Å²) in [5, 5.41) is 0. The minimum Gasteiger partial charge on any atom is -0.329 e. The highest BCUT2D eigenvalue weighted by Gasteiger charge is 2.38. The van der Waals surface area contributed by atoms with E-state index < -0.39 is 0 Å². The van der Waals surface area contributed by atoms with Crippen LogP contribution in [-0.4, -0.2) is 30.1 Å². The Balaban J connectivity index is 2.64. The van der Waals surface area contributed by atoms with Crippen LogP contribution in [0.15, 0.2) is 0 Å². The molecule has 0 aliphatic heterocycles. The van der Waals surface area contributed by atoms with E-state index in [2.05, 4.69) is 32.6 Å². The van der Waals surface area contributed by atoms with E-state index in [1.54, 1.807) is 0 Å². The molecule has 1 fully saturated rings. The lowest BCUT2D eigenvalue weighted by molar-refractivity contribution is 0.0340. The monoisotopic (exact) mass is 268 g/mol. The van der Waals surface area contributed by atoms with Crippen LogP contribution in [0.25, 0.3) is 0 Å². The van der Waals surface area contributed by atoms with E-state index in [1.165, 1.54) is 51.5 Å². The molecular weight excluding hydrogens is 232 g/mol. The molecule has 0 aromatic rings. The molecule has 1 rings (SSSR count). The highest BCUT2D eigenvalue weighted by molar-refractivity contribution is 4.95. The van der Waals surface area contributed by atoms with Crippen molar-refractivity contribution in [3.8, 4) is 0 Å². The van der Waals surface area contributed by atoms with E-state index in [-0.39, 0.29) is 0 Å². The molecule has 0 heterocycles. The second-order valence-electron chi connectivity index (χ2n) is 6.71. The summed E-state index contributed by atoms with van der Waals surface area (Å²) in [6.45, 7) is 12.6. The summed E-state index contributed by atoms with van der Waals surface area (Å²) in [5.74, 6) is 1.75. The first-order valence-electron chi connectivity index (χ1n) is 8.56. The zero-order chi connectivity index (χ0) is 14.3. The molecule has 114 valence electrons. The molecule has 2 nitrogen and oxygen atoms in total. The third-order valence-corrected chi connectivity index (χ3v) is 5.36. The van der Waals surface area contributed by atoms with Crippen molar-refractivity contribution in [1.82, 2.24) is 4.90 Å². The molecule has 0 saturated heterocycles. The average molecular weight is 268 g/mol. The number of hydrogen-bond acceptors (Lipinski definition) is 2. The van der Waals surface area contributed by atoms with Gasteiger partial charge in [-0.3, -0.25) is 4.90 Å². The van der Waals surface area contributed by atoms with Crippen molar-refractivity contribution in [2.24, 2.45) is 17.6 Å². The van der Waals surface area contributed by atoms with Crippen LogP contribution >= 0.6 is 0 Å². The number of hydrogen-bond donors (Lipinski definition) is 1. The standard InChI is InChI=1S/C17H36N2/c1-5-8-15(4)13-19(7-3)17(14-18)11-9-16(6-2)10-12-17/h15-16H,5-14,18H2,1-4H3. The van der Waals surface area contributed by atoms with Crippen LogP contribution in [0, 0.1) is 11.8 Å². The Labute approximate surface area is 121 Å². The summed E-state index contributed by atoms with van der Waals surface area (Å²) < 4.78 is 0. The van der Waals surface area contributed by atoms with Crippen LogP contribution < -0.4 is 5.73 Å². The Bertz CT molecular complexity index is 231. The maximum Gasteiger partial charge on any atom is 0.0331 e. The van der Waals surface area contributed by atoms with Crippen molar-refractivity contribution in [2.45, 2.75) is 78.2 Å². The number of nitrogens with two attached hydrogens (primary N) is 1. The van der Waals surface area contributed by atoms with Gasteiger partial charge in [-0.25, -0.2) is 0 Å². The molecule has 0 spiro atoms. The molecule has 0 amide bonds. The normalized spacial score (nSPS) is 29.7. The summed E-state index contributed by atoms with van der Waals surface area (Å²) >= 11 is 0. The van der Waals surface area contributed by atoms with Crippen LogP contribution in [0.5, 0.6) is 0 Å². The Morgan fingerprint density at radius 2 is 1.84 bits per heavy atom. The lowest BCUT2D eigenvalue weighted by Gasteiger charge is -2.48. The van der Waals surface area contributed by atoms with E-state index in [4.69, 9.17) is 5.73 Å². The van der Waals surface area contributed by atoms with Crippen LogP contribution in [0.3, 0.4) is 0 Å². The van der Waals surface area contributed by atoms with Gasteiger partial charge >= 0.3 is 0 Å². The Kier molecular flexibility index (Phi) is 7.38. The van der Waals surface area contributed by atoms with Gasteiger partial charge in [0.25, 0.3) is 0 Å².